The van der Waals surface area contributed by atoms with Crippen LogP contribution in [-0.2, 0) is 12.8 Å². The molecule has 0 saturated carbocycles. The van der Waals surface area contributed by atoms with Gasteiger partial charge in [0.25, 0.3) is 0 Å². The Morgan fingerprint density at radius 2 is 1.73 bits per heavy atom. The minimum absolute atomic E-state index is 0. The maximum atomic E-state index is 10.3. The van der Waals surface area contributed by atoms with E-state index in [9.17, 15) is 10.2 Å². The highest BCUT2D eigenvalue weighted by atomic mass is 79.9. The van der Waals surface area contributed by atoms with Gasteiger partial charge in [0.05, 0.1) is 4.90 Å². The number of rotatable bonds is 2. The molecule has 0 fully saturated rings. The summed E-state index contributed by atoms with van der Waals surface area (Å²) in [5.41, 5.74) is 2.32. The van der Waals surface area contributed by atoms with E-state index < -0.39 is 0 Å². The van der Waals surface area contributed by atoms with Gasteiger partial charge in [-0.1, -0.05) is 30.0 Å². The Hall–Kier alpha value is -1.17. The molecule has 0 amide bonds. The lowest BCUT2D eigenvalue weighted by Gasteiger charge is -2.15. The van der Waals surface area contributed by atoms with Gasteiger partial charge in [0.2, 0.25) is 0 Å². The molecule has 0 saturated heterocycles. The van der Waals surface area contributed by atoms with E-state index in [0.717, 1.165) is 41.3 Å². The van der Waals surface area contributed by atoms with Crippen LogP contribution in [0.5, 0.6) is 11.5 Å². The van der Waals surface area contributed by atoms with E-state index in [-0.39, 0.29) is 28.5 Å². The van der Waals surface area contributed by atoms with Crippen molar-refractivity contribution >= 4 is 28.7 Å². The number of hydrogen-bond acceptors (Lipinski definition) is 4. The zero-order chi connectivity index (χ0) is 14.8. The van der Waals surface area contributed by atoms with Gasteiger partial charge < -0.3 is 15.1 Å². The second kappa shape index (κ2) is 7.40. The Morgan fingerprint density at radius 3 is 2.45 bits per heavy atom. The minimum Gasteiger partial charge on any atom is -0.504 e. The van der Waals surface area contributed by atoms with Crippen molar-refractivity contribution in [2.24, 2.45) is 0 Å². The van der Waals surface area contributed by atoms with Crippen molar-refractivity contribution < 1.29 is 10.2 Å². The summed E-state index contributed by atoms with van der Waals surface area (Å²) in [6.45, 7) is 1.95. The number of fused-ring (bicyclic) bond motifs is 1. The predicted octanol–water partition coefficient (Wildman–Crippen LogP) is 3.86. The fraction of sp³-hybridized carbons (Fsp3) is 0.294. The lowest BCUT2D eigenvalue weighted by atomic mass is 10.0. The molecule has 22 heavy (non-hydrogen) atoms. The van der Waals surface area contributed by atoms with Crippen molar-refractivity contribution in [1.29, 1.82) is 0 Å². The Balaban J connectivity index is 0.00000176. The molecule has 0 bridgehead atoms. The van der Waals surface area contributed by atoms with Crippen LogP contribution in [0.2, 0.25) is 0 Å². The summed E-state index contributed by atoms with van der Waals surface area (Å²) in [6, 6.07) is 11.7. The molecule has 0 spiro atoms. The number of phenolic OH excluding ortho intramolecular Hbond substituents is 2. The van der Waals surface area contributed by atoms with E-state index in [1.165, 1.54) is 17.3 Å². The number of aromatic hydroxyl groups is 2. The van der Waals surface area contributed by atoms with E-state index >= 15 is 0 Å². The fourth-order valence-corrected chi connectivity index (χ4v) is 3.75. The smallest absolute Gasteiger partial charge is 0.171 e. The van der Waals surface area contributed by atoms with Gasteiger partial charge in [-0.2, -0.15) is 0 Å². The third kappa shape index (κ3) is 3.59. The fourth-order valence-electron chi connectivity index (χ4n) is 2.66. The highest BCUT2D eigenvalue weighted by molar-refractivity contribution is 8.93. The van der Waals surface area contributed by atoms with Gasteiger partial charge in [-0.3, -0.25) is 0 Å². The van der Waals surface area contributed by atoms with Crippen LogP contribution in [0.25, 0.3) is 0 Å². The van der Waals surface area contributed by atoms with Gasteiger partial charge in [-0.25, -0.2) is 0 Å². The Bertz CT molecular complexity index is 649. The Kier molecular flexibility index (Phi) is 5.78. The summed E-state index contributed by atoms with van der Waals surface area (Å²) >= 11 is 1.52. The van der Waals surface area contributed by atoms with Crippen molar-refractivity contribution in [2.75, 3.05) is 20.1 Å². The highest BCUT2D eigenvalue weighted by Gasteiger charge is 2.21. The molecule has 1 aliphatic rings. The lowest BCUT2D eigenvalue weighted by Crippen LogP contribution is -2.20. The van der Waals surface area contributed by atoms with Crippen molar-refractivity contribution in [3.05, 3.63) is 47.5 Å². The number of phenols is 2. The zero-order valence-electron chi connectivity index (χ0n) is 12.5. The summed E-state index contributed by atoms with van der Waals surface area (Å²) in [6.07, 6.45) is 1.80. The third-order valence-electron chi connectivity index (χ3n) is 3.90. The molecule has 5 heteroatoms. The summed E-state index contributed by atoms with van der Waals surface area (Å²) in [5.74, 6) is -0.0103. The molecule has 118 valence electrons. The second-order valence-electron chi connectivity index (χ2n) is 5.43. The van der Waals surface area contributed by atoms with Crippen LogP contribution >= 0.6 is 28.7 Å². The van der Waals surface area contributed by atoms with E-state index in [0.29, 0.717) is 0 Å². The quantitative estimate of drug-likeness (QED) is 0.775. The first-order valence-electron chi connectivity index (χ1n) is 7.13. The SMILES string of the molecule is Br.CN1CCc2cc(O)c(O)c(Sc3ccccc3)c2CC1. The second-order valence-corrected chi connectivity index (χ2v) is 6.51. The van der Waals surface area contributed by atoms with Crippen molar-refractivity contribution in [1.82, 2.24) is 4.90 Å². The van der Waals surface area contributed by atoms with Crippen molar-refractivity contribution in [3.8, 4) is 11.5 Å². The van der Waals surface area contributed by atoms with Gasteiger partial charge in [-0.05, 0) is 49.2 Å². The van der Waals surface area contributed by atoms with E-state index in [2.05, 4.69) is 11.9 Å². The first-order chi connectivity index (χ1) is 10.1. The van der Waals surface area contributed by atoms with E-state index in [4.69, 9.17) is 0 Å². The Labute approximate surface area is 145 Å². The van der Waals surface area contributed by atoms with Gasteiger partial charge >= 0.3 is 0 Å². The molecule has 2 aromatic carbocycles. The van der Waals surface area contributed by atoms with Gasteiger partial charge in [-0.15, -0.1) is 17.0 Å². The van der Waals surface area contributed by atoms with Gasteiger partial charge in [0.1, 0.15) is 0 Å². The molecule has 0 atom stereocenters. The third-order valence-corrected chi connectivity index (χ3v) is 5.05. The van der Waals surface area contributed by atoms with Crippen LogP contribution in [0.3, 0.4) is 0 Å². The van der Waals surface area contributed by atoms with Crippen LogP contribution < -0.4 is 0 Å². The average molecular weight is 382 g/mol. The maximum absolute atomic E-state index is 10.3. The largest absolute Gasteiger partial charge is 0.504 e. The summed E-state index contributed by atoms with van der Waals surface area (Å²) in [5, 5.41) is 20.3. The van der Waals surface area contributed by atoms with E-state index in [1.54, 1.807) is 6.07 Å². The van der Waals surface area contributed by atoms with Gasteiger partial charge in [0.15, 0.2) is 11.5 Å². The molecular formula is C17H20BrNO2S. The molecular weight excluding hydrogens is 362 g/mol. The van der Waals surface area contributed by atoms with Crippen LogP contribution in [0.1, 0.15) is 11.1 Å². The van der Waals surface area contributed by atoms with Gasteiger partial charge in [0, 0.05) is 18.0 Å². The molecule has 0 aromatic heterocycles. The number of hydrogen-bond donors (Lipinski definition) is 2. The van der Waals surface area contributed by atoms with Crippen LogP contribution in [0.15, 0.2) is 46.2 Å². The Morgan fingerprint density at radius 1 is 1.05 bits per heavy atom. The lowest BCUT2D eigenvalue weighted by molar-refractivity contribution is 0.352. The first kappa shape index (κ1) is 17.2. The normalized spacial score (nSPS) is 14.8. The van der Waals surface area contributed by atoms with Crippen LogP contribution in [0.4, 0.5) is 0 Å². The summed E-state index contributed by atoms with van der Waals surface area (Å²) in [7, 11) is 2.11. The standard InChI is InChI=1S/C17H19NO2S.BrH/c1-18-9-7-12-11-15(19)16(20)17(14(12)8-10-18)21-13-5-3-2-4-6-13;/h2-6,11,19-20H,7-10H2,1H3;1H. The predicted molar refractivity (Wildman–Crippen MR) is 95.6 cm³/mol. The van der Waals surface area contributed by atoms with E-state index in [1.807, 2.05) is 30.3 Å². The highest BCUT2D eigenvalue weighted by Crippen LogP contribution is 2.44. The molecule has 0 radical (unpaired) electrons. The number of benzene rings is 2. The molecule has 2 aromatic rings. The van der Waals surface area contributed by atoms with Crippen LogP contribution in [0, 0.1) is 0 Å². The minimum atomic E-state index is -0.0169. The number of likely N-dealkylation sites (N-methyl/N-ethyl adjacent to an activating group) is 1. The summed E-state index contributed by atoms with van der Waals surface area (Å²) < 4.78 is 0. The number of halogens is 1. The topological polar surface area (TPSA) is 43.7 Å². The molecule has 3 nitrogen and oxygen atoms in total. The van der Waals surface area contributed by atoms with Crippen LogP contribution in [-0.4, -0.2) is 35.3 Å². The molecule has 0 unspecified atom stereocenters. The number of nitrogens with zero attached hydrogens (tertiary/aromatic N) is 1. The molecule has 1 aliphatic heterocycles. The molecule has 0 aliphatic carbocycles. The maximum Gasteiger partial charge on any atom is 0.171 e. The first-order valence-corrected chi connectivity index (χ1v) is 7.95. The van der Waals surface area contributed by atoms with Crippen molar-refractivity contribution in [2.45, 2.75) is 22.6 Å². The monoisotopic (exact) mass is 381 g/mol. The average Bonchev–Trinajstić information content (AvgIpc) is 2.67. The molecule has 3 rings (SSSR count). The zero-order valence-corrected chi connectivity index (χ0v) is 15.0. The molecule has 2 N–H and O–H groups in total. The summed E-state index contributed by atoms with van der Waals surface area (Å²) in [4.78, 5) is 4.15. The van der Waals surface area contributed by atoms with Crippen molar-refractivity contribution in [3.63, 3.8) is 0 Å². The molecule has 1 heterocycles.